The van der Waals surface area contributed by atoms with E-state index in [9.17, 15) is 9.59 Å². The Bertz CT molecular complexity index is 790. The van der Waals surface area contributed by atoms with Gasteiger partial charge in [0, 0.05) is 23.4 Å². The maximum absolute atomic E-state index is 12.3. The lowest BCUT2D eigenvalue weighted by Crippen LogP contribution is -2.32. The number of nitrogens with one attached hydrogen (secondary N) is 2. The average Bonchev–Trinajstić information content (AvgIpc) is 2.73. The van der Waals surface area contributed by atoms with Crippen LogP contribution in [0.1, 0.15) is 49.9 Å². The van der Waals surface area contributed by atoms with E-state index in [1.165, 1.54) is 12.8 Å². The molecule has 2 N–H and O–H groups in total. The largest absolute Gasteiger partial charge is 0.497 e. The first-order chi connectivity index (χ1) is 14.0. The summed E-state index contributed by atoms with van der Waals surface area (Å²) in [7, 11) is 1.57. The number of methoxy groups -OCH3 is 1. The van der Waals surface area contributed by atoms with Crippen molar-refractivity contribution in [3.63, 3.8) is 0 Å². The van der Waals surface area contributed by atoms with E-state index in [0.717, 1.165) is 12.8 Å². The van der Waals surface area contributed by atoms with Crippen molar-refractivity contribution in [2.24, 2.45) is 0 Å². The summed E-state index contributed by atoms with van der Waals surface area (Å²) in [4.78, 5) is 24.3. The van der Waals surface area contributed by atoms with Crippen molar-refractivity contribution in [2.45, 2.75) is 45.6 Å². The van der Waals surface area contributed by atoms with E-state index < -0.39 is 0 Å². The second-order valence-corrected chi connectivity index (χ2v) is 6.96. The highest BCUT2D eigenvalue weighted by atomic mass is 16.5. The predicted octanol–water partition coefficient (Wildman–Crippen LogP) is 4.41. The van der Waals surface area contributed by atoms with Gasteiger partial charge in [0.1, 0.15) is 11.5 Å². The summed E-state index contributed by atoms with van der Waals surface area (Å²) in [5.74, 6) is 0.813. The predicted molar refractivity (Wildman–Crippen MR) is 115 cm³/mol. The molecule has 156 valence electrons. The Hall–Kier alpha value is -3.02. The van der Waals surface area contributed by atoms with Gasteiger partial charge in [-0.05, 0) is 49.7 Å². The van der Waals surface area contributed by atoms with Crippen LogP contribution >= 0.6 is 0 Å². The summed E-state index contributed by atoms with van der Waals surface area (Å²) in [6.07, 6.45) is 4.43. The Kier molecular flexibility index (Phi) is 9.02. The number of carbonyl (C=O) groups is 2. The highest BCUT2D eigenvalue weighted by Crippen LogP contribution is 2.17. The van der Waals surface area contributed by atoms with Crippen molar-refractivity contribution in [1.29, 1.82) is 0 Å². The van der Waals surface area contributed by atoms with Gasteiger partial charge >= 0.3 is 0 Å². The van der Waals surface area contributed by atoms with Gasteiger partial charge in [0.15, 0.2) is 6.61 Å². The van der Waals surface area contributed by atoms with Crippen LogP contribution in [-0.2, 0) is 4.79 Å². The number of carbonyl (C=O) groups excluding carboxylic acids is 2. The van der Waals surface area contributed by atoms with Crippen molar-refractivity contribution >= 4 is 17.5 Å². The third-order valence-corrected chi connectivity index (χ3v) is 4.46. The zero-order valence-electron chi connectivity index (χ0n) is 17.4. The molecule has 0 fully saturated rings. The quantitative estimate of drug-likeness (QED) is 0.550. The molecule has 6 nitrogen and oxygen atoms in total. The minimum atomic E-state index is -0.277. The monoisotopic (exact) mass is 398 g/mol. The van der Waals surface area contributed by atoms with Crippen molar-refractivity contribution in [2.75, 3.05) is 19.0 Å². The second kappa shape index (κ2) is 11.7. The zero-order chi connectivity index (χ0) is 21.1. The number of benzene rings is 2. The standard InChI is InChI=1S/C23H30N2O4/c1-4-5-6-8-17(2)24-23(27)18-11-13-20(14-12-18)29-16-22(26)25-19-9-7-10-21(15-19)28-3/h7,9-15,17H,4-6,8,16H2,1-3H3,(H,24,27)(H,25,26). The van der Waals surface area contributed by atoms with Gasteiger partial charge in [-0.3, -0.25) is 9.59 Å². The third kappa shape index (κ3) is 7.86. The number of hydrogen-bond acceptors (Lipinski definition) is 4. The van der Waals surface area contributed by atoms with Crippen LogP contribution in [-0.4, -0.2) is 31.6 Å². The number of ether oxygens (including phenoxy) is 2. The normalized spacial score (nSPS) is 11.4. The van der Waals surface area contributed by atoms with E-state index in [2.05, 4.69) is 17.6 Å². The smallest absolute Gasteiger partial charge is 0.262 e. The van der Waals surface area contributed by atoms with Gasteiger partial charge in [-0.15, -0.1) is 0 Å². The van der Waals surface area contributed by atoms with E-state index in [1.807, 2.05) is 6.92 Å². The molecule has 0 aliphatic carbocycles. The molecule has 2 aromatic rings. The SMILES string of the molecule is CCCCCC(C)NC(=O)c1ccc(OCC(=O)Nc2cccc(OC)c2)cc1. The van der Waals surface area contributed by atoms with Crippen molar-refractivity contribution in [3.8, 4) is 11.5 Å². The molecule has 0 aromatic heterocycles. The lowest BCUT2D eigenvalue weighted by molar-refractivity contribution is -0.118. The van der Waals surface area contributed by atoms with Gasteiger partial charge in [-0.2, -0.15) is 0 Å². The molecular weight excluding hydrogens is 368 g/mol. The van der Waals surface area contributed by atoms with E-state index in [1.54, 1.807) is 55.6 Å². The van der Waals surface area contributed by atoms with Crippen molar-refractivity contribution < 1.29 is 19.1 Å². The molecule has 0 spiro atoms. The van der Waals surface area contributed by atoms with E-state index >= 15 is 0 Å². The summed E-state index contributed by atoms with van der Waals surface area (Å²) >= 11 is 0. The van der Waals surface area contributed by atoms with Gasteiger partial charge in [-0.25, -0.2) is 0 Å². The molecule has 0 heterocycles. The average molecular weight is 399 g/mol. The van der Waals surface area contributed by atoms with Crippen LogP contribution in [0.25, 0.3) is 0 Å². The van der Waals surface area contributed by atoms with Crippen molar-refractivity contribution in [3.05, 3.63) is 54.1 Å². The number of anilines is 1. The van der Waals surface area contributed by atoms with Crippen LogP contribution in [0.3, 0.4) is 0 Å². The molecule has 2 aromatic carbocycles. The molecule has 0 aliphatic rings. The summed E-state index contributed by atoms with van der Waals surface area (Å²) in [5.41, 5.74) is 1.21. The number of amides is 2. The first-order valence-corrected chi connectivity index (χ1v) is 9.99. The molecule has 0 radical (unpaired) electrons. The van der Waals surface area contributed by atoms with Gasteiger partial charge in [0.05, 0.1) is 7.11 Å². The number of hydrogen-bond donors (Lipinski definition) is 2. The number of rotatable bonds is 11. The Morgan fingerprint density at radius 2 is 1.79 bits per heavy atom. The molecule has 1 atom stereocenters. The Balaban J connectivity index is 1.79. The van der Waals surface area contributed by atoms with Crippen LogP contribution in [0.15, 0.2) is 48.5 Å². The minimum Gasteiger partial charge on any atom is -0.497 e. The fraction of sp³-hybridized carbons (Fsp3) is 0.391. The molecule has 2 amide bonds. The molecule has 6 heteroatoms. The van der Waals surface area contributed by atoms with Crippen LogP contribution in [0, 0.1) is 0 Å². The van der Waals surface area contributed by atoms with Crippen LogP contribution < -0.4 is 20.1 Å². The first-order valence-electron chi connectivity index (χ1n) is 9.99. The third-order valence-electron chi connectivity index (χ3n) is 4.46. The van der Waals surface area contributed by atoms with Gasteiger partial charge in [0.2, 0.25) is 0 Å². The molecule has 0 bridgehead atoms. The van der Waals surface area contributed by atoms with E-state index in [0.29, 0.717) is 22.7 Å². The molecule has 1 unspecified atom stereocenters. The first kappa shape index (κ1) is 22.3. The summed E-state index contributed by atoms with van der Waals surface area (Å²) in [5, 5.41) is 5.76. The molecule has 2 rings (SSSR count). The van der Waals surface area contributed by atoms with Crippen LogP contribution in [0.5, 0.6) is 11.5 Å². The van der Waals surface area contributed by atoms with Crippen LogP contribution in [0.4, 0.5) is 5.69 Å². The maximum Gasteiger partial charge on any atom is 0.262 e. The summed E-state index contributed by atoms with van der Waals surface area (Å²) < 4.78 is 10.6. The van der Waals surface area contributed by atoms with Crippen molar-refractivity contribution in [1.82, 2.24) is 5.32 Å². The molecular formula is C23H30N2O4. The van der Waals surface area contributed by atoms with Gasteiger partial charge in [0.25, 0.3) is 11.8 Å². The van der Waals surface area contributed by atoms with Gasteiger partial charge in [-0.1, -0.05) is 32.3 Å². The minimum absolute atomic E-state index is 0.101. The van der Waals surface area contributed by atoms with E-state index in [-0.39, 0.29) is 24.5 Å². The van der Waals surface area contributed by atoms with Crippen LogP contribution in [0.2, 0.25) is 0 Å². The number of unbranched alkanes of at least 4 members (excludes halogenated alkanes) is 2. The Labute approximate surface area is 172 Å². The summed E-state index contributed by atoms with van der Waals surface area (Å²) in [6.45, 7) is 4.05. The second-order valence-electron chi connectivity index (χ2n) is 6.96. The maximum atomic E-state index is 12.3. The highest BCUT2D eigenvalue weighted by Gasteiger charge is 2.10. The highest BCUT2D eigenvalue weighted by molar-refractivity contribution is 5.94. The van der Waals surface area contributed by atoms with Gasteiger partial charge < -0.3 is 20.1 Å². The Morgan fingerprint density at radius 1 is 1.03 bits per heavy atom. The molecule has 29 heavy (non-hydrogen) atoms. The zero-order valence-corrected chi connectivity index (χ0v) is 17.4. The fourth-order valence-electron chi connectivity index (χ4n) is 2.83. The molecule has 0 aliphatic heterocycles. The topological polar surface area (TPSA) is 76.7 Å². The fourth-order valence-corrected chi connectivity index (χ4v) is 2.83. The lowest BCUT2D eigenvalue weighted by Gasteiger charge is -2.14. The molecule has 0 saturated heterocycles. The molecule has 0 saturated carbocycles. The Morgan fingerprint density at radius 3 is 2.48 bits per heavy atom. The van der Waals surface area contributed by atoms with E-state index in [4.69, 9.17) is 9.47 Å². The summed E-state index contributed by atoms with van der Waals surface area (Å²) in [6, 6.07) is 14.0. The lowest BCUT2D eigenvalue weighted by atomic mass is 10.1.